The van der Waals surface area contributed by atoms with Crippen LogP contribution in [-0.2, 0) is 11.2 Å². The highest BCUT2D eigenvalue weighted by Crippen LogP contribution is 2.27. The molecule has 1 amide bonds. The normalized spacial score (nSPS) is 11.0. The molecule has 0 atom stereocenters. The molecule has 0 spiro atoms. The first-order valence-corrected chi connectivity index (χ1v) is 11.2. The van der Waals surface area contributed by atoms with Gasteiger partial charge in [0.25, 0.3) is 5.56 Å². The zero-order valence-corrected chi connectivity index (χ0v) is 17.8. The van der Waals surface area contributed by atoms with E-state index in [1.165, 1.54) is 35.2 Å². The molecule has 0 aliphatic rings. The standard InChI is InChI=1S/C22H19N3O3S2/c1-2-17-12-18-20(30-17)24-22(25(21(18)28)15-6-4-3-5-7-15)29-13-19(27)23-14-8-10-16(26)11-9-14/h3-12,26H,2,13H2,1H3,(H,23,27). The van der Waals surface area contributed by atoms with Gasteiger partial charge in [0.1, 0.15) is 10.6 Å². The number of phenolic OH excluding ortho intramolecular Hbond substituents is 1. The molecule has 0 bridgehead atoms. The van der Waals surface area contributed by atoms with Gasteiger partial charge in [-0.3, -0.25) is 14.2 Å². The van der Waals surface area contributed by atoms with Crippen LogP contribution >= 0.6 is 23.1 Å². The topological polar surface area (TPSA) is 84.2 Å². The van der Waals surface area contributed by atoms with E-state index in [2.05, 4.69) is 5.32 Å². The Hall–Kier alpha value is -3.10. The first-order chi connectivity index (χ1) is 14.5. The summed E-state index contributed by atoms with van der Waals surface area (Å²) < 4.78 is 1.56. The maximum Gasteiger partial charge on any atom is 0.267 e. The fraction of sp³-hybridized carbons (Fsp3) is 0.136. The summed E-state index contributed by atoms with van der Waals surface area (Å²) in [5, 5.41) is 13.2. The number of fused-ring (bicyclic) bond motifs is 1. The summed E-state index contributed by atoms with van der Waals surface area (Å²) >= 11 is 2.72. The Morgan fingerprint density at radius 1 is 1.17 bits per heavy atom. The number of benzene rings is 2. The maximum absolute atomic E-state index is 13.2. The van der Waals surface area contributed by atoms with Gasteiger partial charge in [-0.05, 0) is 48.9 Å². The Kier molecular flexibility index (Phi) is 5.87. The lowest BCUT2D eigenvalue weighted by Crippen LogP contribution is -2.22. The number of anilines is 1. The SMILES string of the molecule is CCc1cc2c(=O)n(-c3ccccc3)c(SCC(=O)Nc3ccc(O)cc3)nc2s1. The molecule has 0 saturated carbocycles. The van der Waals surface area contributed by atoms with E-state index in [1.807, 2.05) is 43.3 Å². The number of carbonyl (C=O) groups is 1. The van der Waals surface area contributed by atoms with Gasteiger partial charge >= 0.3 is 0 Å². The van der Waals surface area contributed by atoms with Crippen molar-refractivity contribution in [2.45, 2.75) is 18.5 Å². The molecule has 4 aromatic rings. The van der Waals surface area contributed by atoms with E-state index in [9.17, 15) is 14.7 Å². The molecule has 152 valence electrons. The van der Waals surface area contributed by atoms with Crippen LogP contribution in [0.25, 0.3) is 15.9 Å². The number of thioether (sulfide) groups is 1. The Bertz CT molecular complexity index is 1250. The van der Waals surface area contributed by atoms with Crippen molar-refractivity contribution >= 4 is 44.9 Å². The largest absolute Gasteiger partial charge is 0.508 e. The van der Waals surface area contributed by atoms with Crippen molar-refractivity contribution in [1.82, 2.24) is 9.55 Å². The van der Waals surface area contributed by atoms with Crippen molar-refractivity contribution < 1.29 is 9.90 Å². The number of hydrogen-bond acceptors (Lipinski definition) is 6. The number of carbonyl (C=O) groups excluding carboxylic acids is 1. The molecular weight excluding hydrogens is 418 g/mol. The van der Waals surface area contributed by atoms with Crippen LogP contribution in [0.2, 0.25) is 0 Å². The minimum Gasteiger partial charge on any atom is -0.508 e. The van der Waals surface area contributed by atoms with Crippen LogP contribution in [0, 0.1) is 0 Å². The van der Waals surface area contributed by atoms with Crippen molar-refractivity contribution in [1.29, 1.82) is 0 Å². The summed E-state index contributed by atoms with van der Waals surface area (Å²) in [5.41, 5.74) is 1.17. The Labute approximate surface area is 181 Å². The average Bonchev–Trinajstić information content (AvgIpc) is 3.18. The number of thiophene rings is 1. The first-order valence-electron chi connectivity index (χ1n) is 9.37. The van der Waals surface area contributed by atoms with Gasteiger partial charge in [-0.2, -0.15) is 0 Å². The van der Waals surface area contributed by atoms with Gasteiger partial charge in [0.15, 0.2) is 5.16 Å². The highest BCUT2D eigenvalue weighted by molar-refractivity contribution is 7.99. The monoisotopic (exact) mass is 437 g/mol. The van der Waals surface area contributed by atoms with Gasteiger partial charge in [0, 0.05) is 10.6 Å². The number of aromatic hydroxyl groups is 1. The predicted molar refractivity (Wildman–Crippen MR) is 122 cm³/mol. The molecule has 0 unspecified atom stereocenters. The molecule has 0 radical (unpaired) electrons. The molecule has 0 aliphatic carbocycles. The smallest absolute Gasteiger partial charge is 0.267 e. The second-order valence-electron chi connectivity index (χ2n) is 6.54. The fourth-order valence-corrected chi connectivity index (χ4v) is 4.78. The zero-order valence-electron chi connectivity index (χ0n) is 16.2. The third-order valence-corrected chi connectivity index (χ3v) is 6.54. The Balaban J connectivity index is 1.65. The van der Waals surface area contributed by atoms with E-state index in [1.54, 1.807) is 16.7 Å². The lowest BCUT2D eigenvalue weighted by atomic mass is 10.3. The van der Waals surface area contributed by atoms with Crippen LogP contribution in [0.4, 0.5) is 5.69 Å². The van der Waals surface area contributed by atoms with E-state index < -0.39 is 0 Å². The van der Waals surface area contributed by atoms with Crippen molar-refractivity contribution in [2.24, 2.45) is 0 Å². The van der Waals surface area contributed by atoms with E-state index in [0.29, 0.717) is 26.7 Å². The third-order valence-electron chi connectivity index (χ3n) is 4.43. The quantitative estimate of drug-likeness (QED) is 0.265. The van der Waals surface area contributed by atoms with Crippen molar-refractivity contribution in [3.8, 4) is 11.4 Å². The van der Waals surface area contributed by atoms with Crippen LogP contribution in [0.15, 0.2) is 70.6 Å². The number of aryl methyl sites for hydroxylation is 1. The van der Waals surface area contributed by atoms with Crippen LogP contribution < -0.4 is 10.9 Å². The lowest BCUT2D eigenvalue weighted by molar-refractivity contribution is -0.113. The number of amides is 1. The molecule has 2 N–H and O–H groups in total. The van der Waals surface area contributed by atoms with Crippen LogP contribution in [0.1, 0.15) is 11.8 Å². The summed E-state index contributed by atoms with van der Waals surface area (Å²) in [6, 6.07) is 17.5. The number of para-hydroxylation sites is 1. The van der Waals surface area contributed by atoms with Crippen LogP contribution in [0.5, 0.6) is 5.75 Å². The predicted octanol–water partition coefficient (Wildman–Crippen LogP) is 4.45. The Morgan fingerprint density at radius 2 is 1.90 bits per heavy atom. The third kappa shape index (κ3) is 4.24. The maximum atomic E-state index is 13.2. The second-order valence-corrected chi connectivity index (χ2v) is 8.60. The molecular formula is C22H19N3O3S2. The zero-order chi connectivity index (χ0) is 21.1. The van der Waals surface area contributed by atoms with Crippen molar-refractivity contribution in [2.75, 3.05) is 11.1 Å². The number of rotatable bonds is 6. The Morgan fingerprint density at radius 3 is 2.60 bits per heavy atom. The van der Waals surface area contributed by atoms with Gasteiger partial charge in [-0.1, -0.05) is 36.9 Å². The summed E-state index contributed by atoms with van der Waals surface area (Å²) in [4.78, 5) is 32.1. The molecule has 2 heterocycles. The molecule has 6 nitrogen and oxygen atoms in total. The molecule has 0 fully saturated rings. The van der Waals surface area contributed by atoms with E-state index >= 15 is 0 Å². The fourth-order valence-electron chi connectivity index (χ4n) is 2.96. The van der Waals surface area contributed by atoms with E-state index in [0.717, 1.165) is 11.3 Å². The summed E-state index contributed by atoms with van der Waals surface area (Å²) in [6.07, 6.45) is 0.837. The molecule has 0 aliphatic heterocycles. The molecule has 30 heavy (non-hydrogen) atoms. The first kappa shape index (κ1) is 20.2. The minimum absolute atomic E-state index is 0.0949. The van der Waals surface area contributed by atoms with Crippen LogP contribution in [-0.4, -0.2) is 26.3 Å². The summed E-state index contributed by atoms with van der Waals surface area (Å²) in [6.45, 7) is 2.05. The van der Waals surface area contributed by atoms with Crippen molar-refractivity contribution in [3.63, 3.8) is 0 Å². The molecule has 0 saturated heterocycles. The molecule has 2 aromatic carbocycles. The van der Waals surface area contributed by atoms with Gasteiger partial charge in [0.05, 0.1) is 16.8 Å². The van der Waals surface area contributed by atoms with Gasteiger partial charge < -0.3 is 10.4 Å². The minimum atomic E-state index is -0.222. The molecule has 2 aromatic heterocycles. The van der Waals surface area contributed by atoms with E-state index in [-0.39, 0.29) is 23.0 Å². The highest BCUT2D eigenvalue weighted by Gasteiger charge is 2.17. The number of phenols is 1. The van der Waals surface area contributed by atoms with Gasteiger partial charge in [0.2, 0.25) is 5.91 Å². The van der Waals surface area contributed by atoms with Gasteiger partial charge in [-0.25, -0.2) is 4.98 Å². The summed E-state index contributed by atoms with van der Waals surface area (Å²) in [7, 11) is 0. The number of hydrogen-bond donors (Lipinski definition) is 2. The lowest BCUT2D eigenvalue weighted by Gasteiger charge is -2.12. The number of aromatic nitrogens is 2. The van der Waals surface area contributed by atoms with E-state index in [4.69, 9.17) is 4.98 Å². The van der Waals surface area contributed by atoms with Gasteiger partial charge in [-0.15, -0.1) is 11.3 Å². The average molecular weight is 438 g/mol. The number of nitrogens with zero attached hydrogens (tertiary/aromatic N) is 2. The summed E-state index contributed by atoms with van der Waals surface area (Å²) in [5.74, 6) is 0.00623. The second kappa shape index (κ2) is 8.73. The molecule has 4 rings (SSSR count). The molecule has 8 heteroatoms. The van der Waals surface area contributed by atoms with Crippen molar-refractivity contribution in [3.05, 3.63) is 75.9 Å². The van der Waals surface area contributed by atoms with Crippen LogP contribution in [0.3, 0.4) is 0 Å². The number of nitrogens with one attached hydrogen (secondary N) is 1. The highest BCUT2D eigenvalue weighted by atomic mass is 32.2.